The number of nitrogens with one attached hydrogen (secondary N) is 1. The van der Waals surface area contributed by atoms with E-state index < -0.39 is 11.8 Å². The van der Waals surface area contributed by atoms with Crippen LogP contribution < -0.4 is 19.9 Å². The Labute approximate surface area is 215 Å². The molecule has 0 atom stereocenters. The molecule has 174 valence electrons. The minimum absolute atomic E-state index is 0.0164. The van der Waals surface area contributed by atoms with E-state index in [2.05, 4.69) is 21.4 Å². The van der Waals surface area contributed by atoms with Crippen molar-refractivity contribution in [3.05, 3.63) is 91.9 Å². The number of anilines is 1. The summed E-state index contributed by atoms with van der Waals surface area (Å²) in [6.07, 6.45) is 1.52. The molecular formula is C25H19BrCl2N2O4. The molecule has 9 heteroatoms. The lowest BCUT2D eigenvalue weighted by Gasteiger charge is -2.15. The highest BCUT2D eigenvalue weighted by Gasteiger charge is 2.34. The Bertz CT molecular complexity index is 1280. The number of nitrogens with zero attached hydrogens (tertiary/aromatic N) is 1. The van der Waals surface area contributed by atoms with Crippen LogP contribution in [0.4, 0.5) is 5.69 Å². The molecule has 3 aromatic carbocycles. The average molecular weight is 562 g/mol. The lowest BCUT2D eigenvalue weighted by Crippen LogP contribution is -2.35. The number of halogens is 3. The van der Waals surface area contributed by atoms with Crippen LogP contribution in [0.3, 0.4) is 0 Å². The summed E-state index contributed by atoms with van der Waals surface area (Å²) in [6, 6.07) is 17.6. The molecule has 0 saturated carbocycles. The molecule has 0 radical (unpaired) electrons. The predicted octanol–water partition coefficient (Wildman–Crippen LogP) is 6.20. The van der Waals surface area contributed by atoms with Crippen LogP contribution >= 0.6 is 39.1 Å². The average Bonchev–Trinajstić information content (AvgIpc) is 3.10. The maximum absolute atomic E-state index is 12.9. The van der Waals surface area contributed by atoms with Gasteiger partial charge in [-0.25, -0.2) is 5.01 Å². The summed E-state index contributed by atoms with van der Waals surface area (Å²) in [5.41, 5.74) is 4.62. The number of amides is 2. The number of rotatable bonds is 7. The van der Waals surface area contributed by atoms with Gasteiger partial charge in [-0.1, -0.05) is 47.5 Å². The smallest absolute Gasteiger partial charge is 0.282 e. The molecule has 1 saturated heterocycles. The Morgan fingerprint density at radius 1 is 1.00 bits per heavy atom. The van der Waals surface area contributed by atoms with E-state index in [-0.39, 0.29) is 12.2 Å². The molecule has 0 unspecified atom stereocenters. The maximum Gasteiger partial charge on any atom is 0.282 e. The molecule has 0 aromatic heterocycles. The van der Waals surface area contributed by atoms with Crippen LogP contribution in [-0.2, 0) is 16.2 Å². The van der Waals surface area contributed by atoms with Crippen molar-refractivity contribution < 1.29 is 19.1 Å². The number of ether oxygens (including phenoxy) is 2. The SMILES string of the molecule is CCOc1cc(C=C2C(=O)NN(c3ccccc3)C2=O)cc(Br)c1OCc1ccc(Cl)c(Cl)c1. The highest BCUT2D eigenvalue weighted by Crippen LogP contribution is 2.38. The van der Waals surface area contributed by atoms with Crippen molar-refractivity contribution >= 4 is 62.7 Å². The van der Waals surface area contributed by atoms with Gasteiger partial charge < -0.3 is 9.47 Å². The Balaban J connectivity index is 1.60. The van der Waals surface area contributed by atoms with E-state index in [0.29, 0.717) is 43.9 Å². The van der Waals surface area contributed by atoms with Crippen LogP contribution in [0.25, 0.3) is 6.08 Å². The second-order valence-corrected chi connectivity index (χ2v) is 8.94. The van der Waals surface area contributed by atoms with Gasteiger partial charge in [0.05, 0.1) is 26.8 Å². The number of carbonyl (C=O) groups is 2. The standard InChI is InChI=1S/C25H19BrCl2N2O4/c1-2-33-22-13-16(10-18-24(31)29-30(25(18)32)17-6-4-3-5-7-17)11-19(26)23(22)34-14-15-8-9-20(27)21(28)12-15/h3-13H,2,14H2,1H3,(H,29,31). The Morgan fingerprint density at radius 3 is 2.47 bits per heavy atom. The van der Waals surface area contributed by atoms with Crippen molar-refractivity contribution in [1.29, 1.82) is 0 Å². The van der Waals surface area contributed by atoms with Crippen LogP contribution in [0.2, 0.25) is 10.0 Å². The number of carbonyl (C=O) groups excluding carboxylic acids is 2. The molecule has 2 amide bonds. The van der Waals surface area contributed by atoms with Crippen molar-refractivity contribution in [1.82, 2.24) is 5.43 Å². The summed E-state index contributed by atoms with van der Waals surface area (Å²) in [6.45, 7) is 2.49. The fourth-order valence-corrected chi connectivity index (χ4v) is 4.24. The topological polar surface area (TPSA) is 67.9 Å². The zero-order valence-electron chi connectivity index (χ0n) is 18.0. The van der Waals surface area contributed by atoms with Crippen molar-refractivity contribution in [2.45, 2.75) is 13.5 Å². The molecule has 1 aliphatic heterocycles. The number of para-hydroxylation sites is 1. The molecule has 0 bridgehead atoms. The Kier molecular flexibility index (Phi) is 7.46. The van der Waals surface area contributed by atoms with Crippen molar-refractivity contribution in [3.63, 3.8) is 0 Å². The van der Waals surface area contributed by atoms with Crippen LogP contribution in [0.15, 0.2) is 70.7 Å². The van der Waals surface area contributed by atoms with E-state index in [1.54, 1.807) is 48.5 Å². The third-order valence-electron chi connectivity index (χ3n) is 4.92. The van der Waals surface area contributed by atoms with E-state index in [9.17, 15) is 9.59 Å². The van der Waals surface area contributed by atoms with Gasteiger partial charge in [-0.3, -0.25) is 15.0 Å². The molecule has 1 N–H and O–H groups in total. The molecular weight excluding hydrogens is 543 g/mol. The summed E-state index contributed by atoms with van der Waals surface area (Å²) in [5, 5.41) is 2.13. The quantitative estimate of drug-likeness (QED) is 0.276. The zero-order valence-corrected chi connectivity index (χ0v) is 21.1. The van der Waals surface area contributed by atoms with Gasteiger partial charge in [0.15, 0.2) is 11.5 Å². The van der Waals surface area contributed by atoms with Crippen molar-refractivity contribution in [2.24, 2.45) is 0 Å². The zero-order chi connectivity index (χ0) is 24.2. The van der Waals surface area contributed by atoms with E-state index in [4.69, 9.17) is 32.7 Å². The second-order valence-electron chi connectivity index (χ2n) is 7.28. The Morgan fingerprint density at radius 2 is 1.76 bits per heavy atom. The normalized spacial score (nSPS) is 14.5. The van der Waals surface area contributed by atoms with Gasteiger partial charge in [0.1, 0.15) is 12.2 Å². The molecule has 3 aromatic rings. The van der Waals surface area contributed by atoms with Crippen LogP contribution in [-0.4, -0.2) is 18.4 Å². The summed E-state index contributed by atoms with van der Waals surface area (Å²) < 4.78 is 12.4. The number of hydrazine groups is 1. The van der Waals surface area contributed by atoms with Gasteiger partial charge in [-0.15, -0.1) is 0 Å². The minimum atomic E-state index is -0.483. The molecule has 0 aliphatic carbocycles. The fraction of sp³-hybridized carbons (Fsp3) is 0.120. The highest BCUT2D eigenvalue weighted by atomic mass is 79.9. The van der Waals surface area contributed by atoms with Gasteiger partial charge >= 0.3 is 0 Å². The summed E-state index contributed by atoms with van der Waals surface area (Å²) in [4.78, 5) is 25.4. The predicted molar refractivity (Wildman–Crippen MR) is 136 cm³/mol. The lowest BCUT2D eigenvalue weighted by molar-refractivity contribution is -0.117. The van der Waals surface area contributed by atoms with Crippen LogP contribution in [0, 0.1) is 0 Å². The van der Waals surface area contributed by atoms with Gasteiger partial charge in [0.25, 0.3) is 11.8 Å². The molecule has 1 heterocycles. The first-order chi connectivity index (χ1) is 16.4. The third kappa shape index (κ3) is 5.22. The molecule has 34 heavy (non-hydrogen) atoms. The number of benzene rings is 3. The van der Waals surface area contributed by atoms with Gasteiger partial charge in [-0.2, -0.15) is 0 Å². The largest absolute Gasteiger partial charge is 0.490 e. The van der Waals surface area contributed by atoms with Crippen molar-refractivity contribution in [2.75, 3.05) is 11.6 Å². The highest BCUT2D eigenvalue weighted by molar-refractivity contribution is 9.10. The van der Waals surface area contributed by atoms with E-state index in [1.807, 2.05) is 19.1 Å². The van der Waals surface area contributed by atoms with Gasteiger partial charge in [0.2, 0.25) is 0 Å². The fourth-order valence-electron chi connectivity index (χ4n) is 3.34. The lowest BCUT2D eigenvalue weighted by atomic mass is 10.1. The van der Waals surface area contributed by atoms with Gasteiger partial charge in [0, 0.05) is 0 Å². The van der Waals surface area contributed by atoms with E-state index in [0.717, 1.165) is 5.56 Å². The van der Waals surface area contributed by atoms with E-state index >= 15 is 0 Å². The molecule has 6 nitrogen and oxygen atoms in total. The van der Waals surface area contributed by atoms with E-state index in [1.165, 1.54) is 11.1 Å². The van der Waals surface area contributed by atoms with Crippen LogP contribution in [0.1, 0.15) is 18.1 Å². The summed E-state index contributed by atoms with van der Waals surface area (Å²) >= 11 is 15.6. The summed E-state index contributed by atoms with van der Waals surface area (Å²) in [5.74, 6) is 0.0332. The third-order valence-corrected chi connectivity index (χ3v) is 6.24. The van der Waals surface area contributed by atoms with Crippen molar-refractivity contribution in [3.8, 4) is 11.5 Å². The first-order valence-corrected chi connectivity index (χ1v) is 11.9. The van der Waals surface area contributed by atoms with Crippen LogP contribution in [0.5, 0.6) is 11.5 Å². The first-order valence-electron chi connectivity index (χ1n) is 10.3. The monoisotopic (exact) mass is 560 g/mol. The maximum atomic E-state index is 12.9. The molecule has 1 aliphatic rings. The Hall–Kier alpha value is -3.00. The second kappa shape index (κ2) is 10.5. The molecule has 4 rings (SSSR count). The summed E-state index contributed by atoms with van der Waals surface area (Å²) in [7, 11) is 0. The van der Waals surface area contributed by atoms with Gasteiger partial charge in [-0.05, 0) is 76.5 Å². The number of hydrogen-bond donors (Lipinski definition) is 1. The number of hydrogen-bond acceptors (Lipinski definition) is 4. The molecule has 0 spiro atoms. The minimum Gasteiger partial charge on any atom is -0.490 e. The molecule has 1 fully saturated rings. The first kappa shape index (κ1) is 24.1.